The molecule has 4 rings (SSSR count). The molecule has 0 spiro atoms. The summed E-state index contributed by atoms with van der Waals surface area (Å²) in [6.07, 6.45) is 11.5. The van der Waals surface area contributed by atoms with Crippen LogP contribution in [0.25, 0.3) is 10.2 Å². The maximum atomic E-state index is 12.5. The normalized spacial score (nSPS) is 18.5. The maximum Gasteiger partial charge on any atom is 0.260 e. The predicted molar refractivity (Wildman–Crippen MR) is 107 cm³/mol. The van der Waals surface area contributed by atoms with Gasteiger partial charge in [-0.05, 0) is 44.1 Å². The van der Waals surface area contributed by atoms with Crippen LogP contribution in [0.1, 0.15) is 61.8 Å². The number of fused-ring (bicyclic) bond motifs is 3. The summed E-state index contributed by atoms with van der Waals surface area (Å²) in [5.41, 5.74) is 1.15. The largest absolute Gasteiger partial charge is 0.353 e. The molecule has 0 atom stereocenters. The molecule has 0 aromatic carbocycles. The molecule has 0 radical (unpaired) electrons. The van der Waals surface area contributed by atoms with Crippen LogP contribution in [0, 0.1) is 0 Å². The number of aromatic amines is 1. The Morgan fingerprint density at radius 2 is 1.92 bits per heavy atom. The molecule has 0 bridgehead atoms. The minimum Gasteiger partial charge on any atom is -0.353 e. The molecular formula is C19H25N3O2S2. The molecule has 0 saturated heterocycles. The van der Waals surface area contributed by atoms with Gasteiger partial charge in [-0.2, -0.15) is 0 Å². The van der Waals surface area contributed by atoms with Gasteiger partial charge in [0.25, 0.3) is 5.56 Å². The molecule has 1 amide bonds. The Hall–Kier alpha value is -1.34. The number of amides is 1. The van der Waals surface area contributed by atoms with Crippen molar-refractivity contribution in [3.8, 4) is 0 Å². The van der Waals surface area contributed by atoms with Crippen molar-refractivity contribution in [2.45, 2.75) is 75.4 Å². The van der Waals surface area contributed by atoms with Crippen molar-refractivity contribution in [2.75, 3.05) is 5.75 Å². The lowest BCUT2D eigenvalue weighted by Crippen LogP contribution is -2.35. The number of aromatic nitrogens is 2. The van der Waals surface area contributed by atoms with E-state index in [0.29, 0.717) is 17.0 Å². The highest BCUT2D eigenvalue weighted by molar-refractivity contribution is 7.99. The van der Waals surface area contributed by atoms with Crippen LogP contribution in [0.2, 0.25) is 0 Å². The number of hydrogen-bond acceptors (Lipinski definition) is 5. The molecule has 2 heterocycles. The van der Waals surface area contributed by atoms with Gasteiger partial charge >= 0.3 is 0 Å². The molecule has 0 unspecified atom stereocenters. The van der Waals surface area contributed by atoms with E-state index in [2.05, 4.69) is 15.3 Å². The SMILES string of the molecule is O=C(CSc1nc2sc3c(c2c(=O)[nH]1)CCCC3)NC1CCCCCC1. The summed E-state index contributed by atoms with van der Waals surface area (Å²) < 4.78 is 0. The third-order valence-electron chi connectivity index (χ3n) is 5.36. The highest BCUT2D eigenvalue weighted by atomic mass is 32.2. The minimum atomic E-state index is -0.0546. The number of aryl methyl sites for hydroxylation is 2. The lowest BCUT2D eigenvalue weighted by atomic mass is 9.97. The summed E-state index contributed by atoms with van der Waals surface area (Å²) in [6, 6.07) is 0.309. The fraction of sp³-hybridized carbons (Fsp3) is 0.632. The molecule has 2 N–H and O–H groups in total. The van der Waals surface area contributed by atoms with Crippen LogP contribution in [0.4, 0.5) is 0 Å². The van der Waals surface area contributed by atoms with Crippen molar-refractivity contribution >= 4 is 39.2 Å². The van der Waals surface area contributed by atoms with Gasteiger partial charge in [0.05, 0.1) is 11.1 Å². The number of carbonyl (C=O) groups excluding carboxylic acids is 1. The highest BCUT2D eigenvalue weighted by Gasteiger charge is 2.20. The molecule has 2 aromatic heterocycles. The molecular weight excluding hydrogens is 366 g/mol. The van der Waals surface area contributed by atoms with Gasteiger partial charge in [-0.15, -0.1) is 11.3 Å². The molecule has 7 heteroatoms. The third-order valence-corrected chi connectivity index (χ3v) is 7.42. The molecule has 2 aromatic rings. The van der Waals surface area contributed by atoms with E-state index in [1.54, 1.807) is 11.3 Å². The second-order valence-electron chi connectivity index (χ2n) is 7.31. The van der Waals surface area contributed by atoms with Gasteiger partial charge in [-0.1, -0.05) is 37.4 Å². The Kier molecular flexibility index (Phi) is 5.64. The van der Waals surface area contributed by atoms with Gasteiger partial charge in [0, 0.05) is 10.9 Å². The fourth-order valence-electron chi connectivity index (χ4n) is 4.04. The van der Waals surface area contributed by atoms with E-state index in [0.717, 1.165) is 42.3 Å². The number of rotatable bonds is 4. The lowest BCUT2D eigenvalue weighted by Gasteiger charge is -2.15. The van der Waals surface area contributed by atoms with Crippen LogP contribution in [0.3, 0.4) is 0 Å². The number of thiophene rings is 1. The first-order valence-electron chi connectivity index (χ1n) is 9.67. The summed E-state index contributed by atoms with van der Waals surface area (Å²) in [7, 11) is 0. The van der Waals surface area contributed by atoms with E-state index in [-0.39, 0.29) is 11.5 Å². The van der Waals surface area contributed by atoms with Crippen molar-refractivity contribution < 1.29 is 4.79 Å². The minimum absolute atomic E-state index is 0.0371. The second kappa shape index (κ2) is 8.13. The first kappa shape index (κ1) is 18.0. The first-order valence-corrected chi connectivity index (χ1v) is 11.5. The van der Waals surface area contributed by atoms with Crippen LogP contribution in [0.5, 0.6) is 0 Å². The zero-order valence-corrected chi connectivity index (χ0v) is 16.6. The Bertz CT molecular complexity index is 850. The van der Waals surface area contributed by atoms with Gasteiger partial charge in [-0.3, -0.25) is 9.59 Å². The van der Waals surface area contributed by atoms with E-state index < -0.39 is 0 Å². The van der Waals surface area contributed by atoms with Crippen molar-refractivity contribution in [1.82, 2.24) is 15.3 Å². The van der Waals surface area contributed by atoms with Crippen LogP contribution < -0.4 is 10.9 Å². The van der Waals surface area contributed by atoms with Gasteiger partial charge in [0.15, 0.2) is 5.16 Å². The van der Waals surface area contributed by atoms with Crippen LogP contribution in [-0.4, -0.2) is 27.7 Å². The average Bonchev–Trinajstić information content (AvgIpc) is 2.82. The Labute approximate surface area is 161 Å². The summed E-state index contributed by atoms with van der Waals surface area (Å²) in [4.78, 5) is 34.4. The Balaban J connectivity index is 1.42. The smallest absolute Gasteiger partial charge is 0.260 e. The molecule has 1 fully saturated rings. The number of carbonyl (C=O) groups is 1. The first-order chi connectivity index (χ1) is 12.7. The summed E-state index contributed by atoms with van der Waals surface area (Å²) >= 11 is 2.97. The monoisotopic (exact) mass is 391 g/mol. The van der Waals surface area contributed by atoms with E-state index in [1.807, 2.05) is 0 Å². The third kappa shape index (κ3) is 3.98. The van der Waals surface area contributed by atoms with Crippen LogP contribution in [0.15, 0.2) is 9.95 Å². The van der Waals surface area contributed by atoms with Crippen molar-refractivity contribution in [2.24, 2.45) is 0 Å². The number of H-pyrrole nitrogens is 1. The van der Waals surface area contributed by atoms with E-state index in [1.165, 1.54) is 54.3 Å². The maximum absolute atomic E-state index is 12.5. The summed E-state index contributed by atoms with van der Waals surface area (Å²) in [5, 5.41) is 4.47. The summed E-state index contributed by atoms with van der Waals surface area (Å²) in [5.74, 6) is 0.339. The summed E-state index contributed by atoms with van der Waals surface area (Å²) in [6.45, 7) is 0. The molecule has 140 valence electrons. The van der Waals surface area contributed by atoms with Crippen LogP contribution >= 0.6 is 23.1 Å². The fourth-order valence-corrected chi connectivity index (χ4v) is 6.03. The van der Waals surface area contributed by atoms with Gasteiger partial charge in [0.1, 0.15) is 4.83 Å². The van der Waals surface area contributed by atoms with Gasteiger partial charge < -0.3 is 10.3 Å². The van der Waals surface area contributed by atoms with Crippen molar-refractivity contribution in [3.05, 3.63) is 20.8 Å². The molecule has 5 nitrogen and oxygen atoms in total. The van der Waals surface area contributed by atoms with Crippen molar-refractivity contribution in [3.63, 3.8) is 0 Å². The molecule has 0 aliphatic heterocycles. The van der Waals surface area contributed by atoms with E-state index in [9.17, 15) is 9.59 Å². The quantitative estimate of drug-likeness (QED) is 0.472. The van der Waals surface area contributed by atoms with E-state index >= 15 is 0 Å². The Morgan fingerprint density at radius 1 is 1.15 bits per heavy atom. The zero-order valence-electron chi connectivity index (χ0n) is 14.9. The molecule has 2 aliphatic carbocycles. The highest BCUT2D eigenvalue weighted by Crippen LogP contribution is 2.34. The topological polar surface area (TPSA) is 74.8 Å². The molecule has 2 aliphatic rings. The van der Waals surface area contributed by atoms with E-state index in [4.69, 9.17) is 0 Å². The number of nitrogens with one attached hydrogen (secondary N) is 2. The Morgan fingerprint density at radius 3 is 2.73 bits per heavy atom. The molecule has 26 heavy (non-hydrogen) atoms. The standard InChI is InChI=1S/C19H25N3O2S2/c23-15(20-12-7-3-1-2-4-8-12)11-25-19-21-17(24)16-13-9-5-6-10-14(13)26-18(16)22-19/h12H,1-11H2,(H,20,23)(H,21,22,24). The predicted octanol–water partition coefficient (Wildman–Crippen LogP) is 3.79. The van der Waals surface area contributed by atoms with Gasteiger partial charge in [-0.25, -0.2) is 4.98 Å². The number of hydrogen-bond donors (Lipinski definition) is 2. The van der Waals surface area contributed by atoms with Crippen LogP contribution in [-0.2, 0) is 17.6 Å². The number of thioether (sulfide) groups is 1. The zero-order chi connectivity index (χ0) is 17.9. The van der Waals surface area contributed by atoms with Crippen molar-refractivity contribution in [1.29, 1.82) is 0 Å². The second-order valence-corrected chi connectivity index (χ2v) is 9.35. The average molecular weight is 392 g/mol. The van der Waals surface area contributed by atoms with Gasteiger partial charge in [0.2, 0.25) is 5.91 Å². The lowest BCUT2D eigenvalue weighted by molar-refractivity contribution is -0.119. The molecule has 1 saturated carbocycles. The number of nitrogens with zero attached hydrogens (tertiary/aromatic N) is 1.